The molecule has 0 radical (unpaired) electrons. The molecule has 0 aliphatic heterocycles. The monoisotopic (exact) mass is 355 g/mol. The minimum Gasteiger partial charge on any atom is -0.494 e. The maximum Gasteiger partial charge on any atom is 0.227 e. The minimum atomic E-state index is -0.433. The fourth-order valence-electron chi connectivity index (χ4n) is 2.94. The number of carbonyl (C=O) groups is 1. The molecule has 0 atom stereocenters. The molecule has 0 saturated carbocycles. The van der Waals surface area contributed by atoms with Gasteiger partial charge in [-0.25, -0.2) is 4.39 Å². The summed E-state index contributed by atoms with van der Waals surface area (Å²) in [5, 5.41) is 0.963. The van der Waals surface area contributed by atoms with Gasteiger partial charge in [-0.3, -0.25) is 4.79 Å². The molecule has 0 bridgehead atoms. The highest BCUT2D eigenvalue weighted by Crippen LogP contribution is 2.25. The number of amides is 1. The number of hydrogen-bond acceptors (Lipinski definition) is 3. The average molecular weight is 355 g/mol. The van der Waals surface area contributed by atoms with Crippen molar-refractivity contribution < 1.29 is 18.3 Å². The molecule has 0 saturated heterocycles. The molecule has 0 fully saturated rings. The Morgan fingerprint density at radius 1 is 1.19 bits per heavy atom. The summed E-state index contributed by atoms with van der Waals surface area (Å²) in [6, 6.07) is 8.75. The number of halogens is 1. The van der Waals surface area contributed by atoms with Crippen LogP contribution < -0.4 is 4.74 Å². The van der Waals surface area contributed by atoms with Crippen molar-refractivity contribution >= 4 is 16.9 Å². The van der Waals surface area contributed by atoms with E-state index in [1.165, 1.54) is 13.2 Å². The number of benzene rings is 2. The third kappa shape index (κ3) is 3.57. The number of methoxy groups -OCH3 is 1. The molecule has 0 spiro atoms. The Morgan fingerprint density at radius 2 is 1.92 bits per heavy atom. The van der Waals surface area contributed by atoms with Gasteiger partial charge in [-0.05, 0) is 54.8 Å². The second-order valence-corrected chi connectivity index (χ2v) is 6.59. The first-order chi connectivity index (χ1) is 12.4. The number of likely N-dealkylation sites (N-methyl/N-ethyl adjacent to an activating group) is 1. The molecule has 1 aromatic heterocycles. The summed E-state index contributed by atoms with van der Waals surface area (Å²) in [6.45, 7) is 4.40. The number of aryl methyl sites for hydroxylation is 2. The van der Waals surface area contributed by atoms with E-state index in [9.17, 15) is 9.18 Å². The number of rotatable bonds is 5. The van der Waals surface area contributed by atoms with Gasteiger partial charge in [0.2, 0.25) is 5.91 Å². The van der Waals surface area contributed by atoms with Gasteiger partial charge in [-0.15, -0.1) is 0 Å². The average Bonchev–Trinajstić information content (AvgIpc) is 2.97. The summed E-state index contributed by atoms with van der Waals surface area (Å²) >= 11 is 0. The van der Waals surface area contributed by atoms with Crippen LogP contribution in [0.25, 0.3) is 11.0 Å². The van der Waals surface area contributed by atoms with E-state index in [0.29, 0.717) is 12.1 Å². The summed E-state index contributed by atoms with van der Waals surface area (Å²) in [4.78, 5) is 14.2. The van der Waals surface area contributed by atoms with Crippen LogP contribution in [0.15, 0.2) is 41.0 Å². The van der Waals surface area contributed by atoms with Gasteiger partial charge in [-0.1, -0.05) is 6.07 Å². The van der Waals surface area contributed by atoms with Crippen molar-refractivity contribution in [2.45, 2.75) is 26.8 Å². The van der Waals surface area contributed by atoms with E-state index in [2.05, 4.69) is 6.07 Å². The van der Waals surface area contributed by atoms with Gasteiger partial charge in [0, 0.05) is 24.5 Å². The molecule has 1 amide bonds. The van der Waals surface area contributed by atoms with Crippen LogP contribution in [0.3, 0.4) is 0 Å². The Morgan fingerprint density at radius 3 is 2.62 bits per heavy atom. The number of hydrogen-bond donors (Lipinski definition) is 0. The van der Waals surface area contributed by atoms with Crippen LogP contribution in [-0.2, 0) is 17.8 Å². The Bertz CT molecular complexity index is 961. The van der Waals surface area contributed by atoms with Crippen LogP contribution in [0.5, 0.6) is 5.75 Å². The molecule has 3 aromatic rings. The van der Waals surface area contributed by atoms with Gasteiger partial charge in [0.25, 0.3) is 0 Å². The van der Waals surface area contributed by atoms with E-state index in [1.807, 2.05) is 19.9 Å². The van der Waals surface area contributed by atoms with Gasteiger partial charge < -0.3 is 14.1 Å². The van der Waals surface area contributed by atoms with Crippen molar-refractivity contribution in [2.24, 2.45) is 0 Å². The second kappa shape index (κ2) is 7.20. The van der Waals surface area contributed by atoms with Gasteiger partial charge in [0.05, 0.1) is 19.8 Å². The first-order valence-electron chi connectivity index (χ1n) is 8.42. The van der Waals surface area contributed by atoms with Crippen molar-refractivity contribution in [3.05, 3.63) is 64.7 Å². The smallest absolute Gasteiger partial charge is 0.227 e. The lowest BCUT2D eigenvalue weighted by atomic mass is 10.0. The zero-order chi connectivity index (χ0) is 18.8. The summed E-state index contributed by atoms with van der Waals surface area (Å²) in [6.07, 6.45) is 1.88. The molecule has 1 heterocycles. The number of nitrogens with zero attached hydrogens (tertiary/aromatic N) is 1. The number of furan rings is 1. The fourth-order valence-corrected chi connectivity index (χ4v) is 2.94. The van der Waals surface area contributed by atoms with Gasteiger partial charge >= 0.3 is 0 Å². The maximum atomic E-state index is 13.8. The highest BCUT2D eigenvalue weighted by atomic mass is 19.1. The molecule has 3 rings (SSSR count). The maximum absolute atomic E-state index is 13.8. The Balaban J connectivity index is 1.73. The molecule has 2 aromatic carbocycles. The highest BCUT2D eigenvalue weighted by Gasteiger charge is 2.15. The van der Waals surface area contributed by atoms with E-state index in [0.717, 1.165) is 27.7 Å². The van der Waals surface area contributed by atoms with Crippen LogP contribution in [-0.4, -0.2) is 25.0 Å². The fraction of sp³-hybridized carbons (Fsp3) is 0.286. The lowest BCUT2D eigenvalue weighted by molar-refractivity contribution is -0.129. The van der Waals surface area contributed by atoms with E-state index < -0.39 is 5.82 Å². The highest BCUT2D eigenvalue weighted by molar-refractivity contribution is 5.88. The molecule has 0 unspecified atom stereocenters. The van der Waals surface area contributed by atoms with Gasteiger partial charge in [-0.2, -0.15) is 0 Å². The van der Waals surface area contributed by atoms with Gasteiger partial charge in [0.15, 0.2) is 11.6 Å². The molecule has 136 valence electrons. The molecular formula is C21H22FNO3. The quantitative estimate of drug-likeness (QED) is 0.681. The molecule has 4 nitrogen and oxygen atoms in total. The second-order valence-electron chi connectivity index (χ2n) is 6.59. The van der Waals surface area contributed by atoms with Crippen LogP contribution in [0.4, 0.5) is 4.39 Å². The summed E-state index contributed by atoms with van der Waals surface area (Å²) in [5.41, 5.74) is 4.68. The number of ether oxygens (including phenoxy) is 1. The molecular weight excluding hydrogens is 333 g/mol. The molecule has 0 aliphatic rings. The largest absolute Gasteiger partial charge is 0.494 e. The lowest BCUT2D eigenvalue weighted by Crippen LogP contribution is -2.27. The predicted octanol–water partition coefficient (Wildman–Crippen LogP) is 4.40. The first kappa shape index (κ1) is 18.0. The Kier molecular flexibility index (Phi) is 4.98. The van der Waals surface area contributed by atoms with Crippen molar-refractivity contribution in [3.63, 3.8) is 0 Å². The SMILES string of the molecule is COc1ccc(CN(C)C(=O)Cc2coc3cc(C)c(C)cc23)cc1F. The Hall–Kier alpha value is -2.82. The molecule has 0 aliphatic carbocycles. The zero-order valence-corrected chi connectivity index (χ0v) is 15.4. The first-order valence-corrected chi connectivity index (χ1v) is 8.42. The van der Waals surface area contributed by atoms with Crippen LogP contribution in [0, 0.1) is 19.7 Å². The predicted molar refractivity (Wildman–Crippen MR) is 98.8 cm³/mol. The summed E-state index contributed by atoms with van der Waals surface area (Å²) < 4.78 is 24.3. The Labute approximate surface area is 152 Å². The van der Waals surface area contributed by atoms with Crippen molar-refractivity contribution in [2.75, 3.05) is 14.2 Å². The number of fused-ring (bicyclic) bond motifs is 1. The molecule has 0 N–H and O–H groups in total. The zero-order valence-electron chi connectivity index (χ0n) is 15.4. The molecule has 5 heteroatoms. The number of carbonyl (C=O) groups excluding carboxylic acids is 1. The summed E-state index contributed by atoms with van der Waals surface area (Å²) in [7, 11) is 3.13. The third-order valence-corrected chi connectivity index (χ3v) is 4.67. The van der Waals surface area contributed by atoms with E-state index >= 15 is 0 Å². The summed E-state index contributed by atoms with van der Waals surface area (Å²) in [5.74, 6) is -0.294. The minimum absolute atomic E-state index is 0.0536. The standard InChI is InChI=1S/C21H22FNO3/c1-13-7-17-16(12-26-20(17)8-14(13)2)10-21(24)23(3)11-15-5-6-19(25-4)18(22)9-15/h5-9,12H,10-11H2,1-4H3. The van der Waals surface area contributed by atoms with E-state index in [1.54, 1.807) is 30.3 Å². The van der Waals surface area contributed by atoms with Crippen molar-refractivity contribution in [1.82, 2.24) is 4.90 Å². The van der Waals surface area contributed by atoms with Crippen LogP contribution in [0.1, 0.15) is 22.3 Å². The lowest BCUT2D eigenvalue weighted by Gasteiger charge is -2.17. The van der Waals surface area contributed by atoms with E-state index in [-0.39, 0.29) is 18.1 Å². The normalized spacial score (nSPS) is 11.0. The molecule has 26 heavy (non-hydrogen) atoms. The van der Waals surface area contributed by atoms with E-state index in [4.69, 9.17) is 9.15 Å². The van der Waals surface area contributed by atoms with Crippen LogP contribution >= 0.6 is 0 Å². The van der Waals surface area contributed by atoms with Crippen LogP contribution in [0.2, 0.25) is 0 Å². The van der Waals surface area contributed by atoms with Crippen molar-refractivity contribution in [3.8, 4) is 5.75 Å². The van der Waals surface area contributed by atoms with Gasteiger partial charge in [0.1, 0.15) is 5.58 Å². The van der Waals surface area contributed by atoms with Crippen molar-refractivity contribution in [1.29, 1.82) is 0 Å². The third-order valence-electron chi connectivity index (χ3n) is 4.67. The topological polar surface area (TPSA) is 42.7 Å².